The lowest BCUT2D eigenvalue weighted by atomic mass is 10.1. The van der Waals surface area contributed by atoms with Crippen molar-refractivity contribution in [3.8, 4) is 6.07 Å². The zero-order chi connectivity index (χ0) is 8.97. The summed E-state index contributed by atoms with van der Waals surface area (Å²) in [6.07, 6.45) is 5.21. The SMILES string of the molecule is CCC(CC1CC1)NC(C)C#N. The fraction of sp³-hybridized carbons (Fsp3) is 0.900. The van der Waals surface area contributed by atoms with Crippen LogP contribution in [-0.4, -0.2) is 12.1 Å². The molecule has 2 unspecified atom stereocenters. The summed E-state index contributed by atoms with van der Waals surface area (Å²) in [7, 11) is 0. The van der Waals surface area contributed by atoms with Crippen LogP contribution in [0.25, 0.3) is 0 Å². The predicted octanol–water partition coefficient (Wildman–Crippen LogP) is 2.07. The topological polar surface area (TPSA) is 35.8 Å². The van der Waals surface area contributed by atoms with Crippen LogP contribution < -0.4 is 5.32 Å². The third-order valence-corrected chi connectivity index (χ3v) is 2.49. The first kappa shape index (κ1) is 9.54. The molecule has 0 aromatic carbocycles. The monoisotopic (exact) mass is 166 g/mol. The number of hydrogen-bond acceptors (Lipinski definition) is 2. The summed E-state index contributed by atoms with van der Waals surface area (Å²) >= 11 is 0. The van der Waals surface area contributed by atoms with Gasteiger partial charge < -0.3 is 0 Å². The quantitative estimate of drug-likeness (QED) is 0.678. The maximum absolute atomic E-state index is 8.62. The molecule has 0 aromatic rings. The molecule has 2 heteroatoms. The maximum atomic E-state index is 8.62. The molecule has 1 N–H and O–H groups in total. The smallest absolute Gasteiger partial charge is 0.0926 e. The van der Waals surface area contributed by atoms with Crippen LogP contribution in [0.3, 0.4) is 0 Å². The van der Waals surface area contributed by atoms with E-state index in [-0.39, 0.29) is 6.04 Å². The molecule has 0 saturated heterocycles. The first-order valence-electron chi connectivity index (χ1n) is 4.92. The van der Waals surface area contributed by atoms with Crippen LogP contribution in [0.1, 0.15) is 39.5 Å². The van der Waals surface area contributed by atoms with Crippen LogP contribution in [0.2, 0.25) is 0 Å². The van der Waals surface area contributed by atoms with Crippen molar-refractivity contribution in [3.63, 3.8) is 0 Å². The van der Waals surface area contributed by atoms with Gasteiger partial charge in [0.2, 0.25) is 0 Å². The van der Waals surface area contributed by atoms with Crippen LogP contribution >= 0.6 is 0 Å². The van der Waals surface area contributed by atoms with E-state index in [4.69, 9.17) is 5.26 Å². The van der Waals surface area contributed by atoms with Crippen molar-refractivity contribution in [1.29, 1.82) is 5.26 Å². The van der Waals surface area contributed by atoms with E-state index in [1.165, 1.54) is 19.3 Å². The average molecular weight is 166 g/mol. The zero-order valence-corrected chi connectivity index (χ0v) is 8.01. The molecule has 1 fully saturated rings. The molecule has 1 aliphatic rings. The van der Waals surface area contributed by atoms with E-state index in [2.05, 4.69) is 18.3 Å². The molecule has 68 valence electrons. The van der Waals surface area contributed by atoms with Gasteiger partial charge in [0, 0.05) is 6.04 Å². The van der Waals surface area contributed by atoms with Gasteiger partial charge in [0.15, 0.2) is 0 Å². The highest BCUT2D eigenvalue weighted by Crippen LogP contribution is 2.34. The van der Waals surface area contributed by atoms with Crippen molar-refractivity contribution in [2.24, 2.45) is 5.92 Å². The van der Waals surface area contributed by atoms with Gasteiger partial charge in [-0.3, -0.25) is 5.32 Å². The molecule has 1 aliphatic carbocycles. The minimum Gasteiger partial charge on any atom is -0.299 e. The van der Waals surface area contributed by atoms with Gasteiger partial charge in [-0.2, -0.15) is 5.26 Å². The fourth-order valence-corrected chi connectivity index (χ4v) is 1.50. The molecule has 0 spiro atoms. The first-order chi connectivity index (χ1) is 5.76. The Morgan fingerprint density at radius 3 is 2.67 bits per heavy atom. The molecule has 0 aromatic heterocycles. The van der Waals surface area contributed by atoms with Gasteiger partial charge in [-0.05, 0) is 25.7 Å². The fourth-order valence-electron chi connectivity index (χ4n) is 1.50. The lowest BCUT2D eigenvalue weighted by Crippen LogP contribution is -2.35. The predicted molar refractivity (Wildman–Crippen MR) is 49.6 cm³/mol. The number of nitrogens with one attached hydrogen (secondary N) is 1. The summed E-state index contributed by atoms with van der Waals surface area (Å²) in [5.41, 5.74) is 0. The van der Waals surface area contributed by atoms with Crippen molar-refractivity contribution in [1.82, 2.24) is 5.32 Å². The summed E-state index contributed by atoms with van der Waals surface area (Å²) < 4.78 is 0. The van der Waals surface area contributed by atoms with Crippen LogP contribution in [0.4, 0.5) is 0 Å². The van der Waals surface area contributed by atoms with E-state index in [1.807, 2.05) is 6.92 Å². The second kappa shape index (κ2) is 4.47. The van der Waals surface area contributed by atoms with Gasteiger partial charge >= 0.3 is 0 Å². The van der Waals surface area contributed by atoms with E-state index in [0.29, 0.717) is 6.04 Å². The highest BCUT2D eigenvalue weighted by atomic mass is 14.9. The van der Waals surface area contributed by atoms with Gasteiger partial charge in [0.1, 0.15) is 0 Å². The van der Waals surface area contributed by atoms with Crippen molar-refractivity contribution in [2.75, 3.05) is 0 Å². The van der Waals surface area contributed by atoms with Crippen LogP contribution in [-0.2, 0) is 0 Å². The second-order valence-corrected chi connectivity index (χ2v) is 3.80. The van der Waals surface area contributed by atoms with Crippen LogP contribution in [0.15, 0.2) is 0 Å². The van der Waals surface area contributed by atoms with E-state index in [0.717, 1.165) is 12.3 Å². The molecule has 0 bridgehead atoms. The van der Waals surface area contributed by atoms with E-state index < -0.39 is 0 Å². The van der Waals surface area contributed by atoms with Gasteiger partial charge in [0.05, 0.1) is 12.1 Å². The summed E-state index contributed by atoms with van der Waals surface area (Å²) in [4.78, 5) is 0. The van der Waals surface area contributed by atoms with Crippen LogP contribution in [0.5, 0.6) is 0 Å². The summed E-state index contributed by atoms with van der Waals surface area (Å²) in [5, 5.41) is 11.9. The molecule has 2 atom stereocenters. The van der Waals surface area contributed by atoms with E-state index in [1.54, 1.807) is 0 Å². The summed E-state index contributed by atoms with van der Waals surface area (Å²) in [5.74, 6) is 0.952. The molecule has 0 radical (unpaired) electrons. The third-order valence-electron chi connectivity index (χ3n) is 2.49. The van der Waals surface area contributed by atoms with Crippen molar-refractivity contribution >= 4 is 0 Å². The molecule has 0 heterocycles. The van der Waals surface area contributed by atoms with Crippen LogP contribution in [0, 0.1) is 17.2 Å². The normalized spacial score (nSPS) is 21.4. The standard InChI is InChI=1S/C10H18N2/c1-3-10(6-9-4-5-9)12-8(2)7-11/h8-10,12H,3-6H2,1-2H3. The van der Waals surface area contributed by atoms with Crippen molar-refractivity contribution < 1.29 is 0 Å². The molecule has 0 amide bonds. The second-order valence-electron chi connectivity index (χ2n) is 3.80. The highest BCUT2D eigenvalue weighted by Gasteiger charge is 2.24. The van der Waals surface area contributed by atoms with Gasteiger partial charge in [-0.1, -0.05) is 19.8 Å². The molecule has 0 aliphatic heterocycles. The Bertz CT molecular complexity index is 167. The molecule has 1 saturated carbocycles. The average Bonchev–Trinajstić information content (AvgIpc) is 2.86. The lowest BCUT2D eigenvalue weighted by molar-refractivity contribution is 0.430. The first-order valence-corrected chi connectivity index (χ1v) is 4.92. The Labute approximate surface area is 75.0 Å². The number of nitrogens with zero attached hydrogens (tertiary/aromatic N) is 1. The molecule has 2 nitrogen and oxygen atoms in total. The molecular formula is C10H18N2. The Hall–Kier alpha value is -0.550. The largest absolute Gasteiger partial charge is 0.299 e. The van der Waals surface area contributed by atoms with Gasteiger partial charge in [-0.15, -0.1) is 0 Å². The number of rotatable bonds is 5. The summed E-state index contributed by atoms with van der Waals surface area (Å²) in [6, 6.07) is 2.78. The molecule has 1 rings (SSSR count). The number of nitriles is 1. The Balaban J connectivity index is 2.19. The lowest BCUT2D eigenvalue weighted by Gasteiger charge is -2.17. The van der Waals surface area contributed by atoms with Crippen molar-refractivity contribution in [3.05, 3.63) is 0 Å². The Morgan fingerprint density at radius 2 is 2.25 bits per heavy atom. The van der Waals surface area contributed by atoms with Gasteiger partial charge in [-0.25, -0.2) is 0 Å². The molecule has 12 heavy (non-hydrogen) atoms. The number of hydrogen-bond donors (Lipinski definition) is 1. The van der Waals surface area contributed by atoms with E-state index in [9.17, 15) is 0 Å². The Morgan fingerprint density at radius 1 is 1.58 bits per heavy atom. The Kier molecular flexibility index (Phi) is 3.55. The van der Waals surface area contributed by atoms with Gasteiger partial charge in [0.25, 0.3) is 0 Å². The minimum absolute atomic E-state index is 0.00806. The third kappa shape index (κ3) is 3.23. The maximum Gasteiger partial charge on any atom is 0.0926 e. The molecular weight excluding hydrogens is 148 g/mol. The van der Waals surface area contributed by atoms with Crippen molar-refractivity contribution in [2.45, 2.75) is 51.6 Å². The van der Waals surface area contributed by atoms with E-state index >= 15 is 0 Å². The highest BCUT2D eigenvalue weighted by molar-refractivity contribution is 4.89. The summed E-state index contributed by atoms with van der Waals surface area (Å²) in [6.45, 7) is 4.11. The minimum atomic E-state index is 0.00806. The zero-order valence-electron chi connectivity index (χ0n) is 8.01.